The summed E-state index contributed by atoms with van der Waals surface area (Å²) in [5.41, 5.74) is 0.932. The third-order valence-electron chi connectivity index (χ3n) is 2.62. The number of anilines is 1. The number of aryl methyl sites for hydroxylation is 1. The molecule has 0 aliphatic heterocycles. The number of hydrogen-bond acceptors (Lipinski definition) is 4. The van der Waals surface area contributed by atoms with Crippen molar-refractivity contribution in [2.75, 3.05) is 11.1 Å². The van der Waals surface area contributed by atoms with Crippen LogP contribution in [0.1, 0.15) is 39.3 Å². The third kappa shape index (κ3) is 5.30. The number of aromatic nitrogens is 2. The van der Waals surface area contributed by atoms with E-state index in [0.717, 1.165) is 18.5 Å². The summed E-state index contributed by atoms with van der Waals surface area (Å²) in [6, 6.07) is 0.909. The maximum atomic E-state index is 11.9. The first kappa shape index (κ1) is 16.6. The van der Waals surface area contributed by atoms with Crippen molar-refractivity contribution < 1.29 is 13.2 Å². The van der Waals surface area contributed by atoms with Crippen LogP contribution in [0, 0.1) is 0 Å². The standard InChI is InChI=1S/C12H22N4O3S/c1-4-6-10-8-11(15-14-10)13-12(17)9(3)16-20(18,19)7-5-2/h8-9,16H,4-7H2,1-3H3,(H2,13,14,15,17). The first-order valence-corrected chi connectivity index (χ1v) is 8.38. The molecule has 8 heteroatoms. The lowest BCUT2D eigenvalue weighted by Crippen LogP contribution is -2.42. The van der Waals surface area contributed by atoms with Crippen molar-refractivity contribution in [3.63, 3.8) is 0 Å². The molecule has 20 heavy (non-hydrogen) atoms. The highest BCUT2D eigenvalue weighted by Crippen LogP contribution is 2.07. The van der Waals surface area contributed by atoms with E-state index in [4.69, 9.17) is 0 Å². The molecule has 0 aliphatic carbocycles. The molecule has 7 nitrogen and oxygen atoms in total. The highest BCUT2D eigenvalue weighted by atomic mass is 32.2. The van der Waals surface area contributed by atoms with Gasteiger partial charge >= 0.3 is 0 Å². The summed E-state index contributed by atoms with van der Waals surface area (Å²) in [6.07, 6.45) is 2.33. The Morgan fingerprint density at radius 2 is 2.10 bits per heavy atom. The van der Waals surface area contributed by atoms with Gasteiger partial charge in [0.15, 0.2) is 5.82 Å². The van der Waals surface area contributed by atoms with Crippen LogP contribution in [0.5, 0.6) is 0 Å². The van der Waals surface area contributed by atoms with E-state index in [-0.39, 0.29) is 5.75 Å². The lowest BCUT2D eigenvalue weighted by atomic mass is 10.2. The number of amides is 1. The summed E-state index contributed by atoms with van der Waals surface area (Å²) < 4.78 is 25.5. The van der Waals surface area contributed by atoms with Gasteiger partial charge in [-0.15, -0.1) is 0 Å². The SMILES string of the molecule is CCCc1cc(NC(=O)C(C)NS(=O)(=O)CCC)n[nH]1. The monoisotopic (exact) mass is 302 g/mol. The van der Waals surface area contributed by atoms with Crippen molar-refractivity contribution in [3.05, 3.63) is 11.8 Å². The van der Waals surface area contributed by atoms with Gasteiger partial charge in [0, 0.05) is 11.8 Å². The van der Waals surface area contributed by atoms with Crippen LogP contribution in [0.4, 0.5) is 5.82 Å². The molecule has 1 heterocycles. The van der Waals surface area contributed by atoms with E-state index >= 15 is 0 Å². The van der Waals surface area contributed by atoms with Crippen LogP contribution in [0.2, 0.25) is 0 Å². The first-order valence-electron chi connectivity index (χ1n) is 6.73. The zero-order chi connectivity index (χ0) is 15.2. The van der Waals surface area contributed by atoms with Gasteiger partial charge in [-0.25, -0.2) is 13.1 Å². The number of rotatable bonds is 8. The van der Waals surface area contributed by atoms with Crippen LogP contribution in [-0.4, -0.2) is 36.3 Å². The van der Waals surface area contributed by atoms with Gasteiger partial charge < -0.3 is 5.32 Å². The number of carbonyl (C=O) groups is 1. The average molecular weight is 302 g/mol. The molecule has 0 saturated heterocycles. The van der Waals surface area contributed by atoms with Gasteiger partial charge in [0.2, 0.25) is 15.9 Å². The van der Waals surface area contributed by atoms with Crippen LogP contribution in [0.15, 0.2) is 6.07 Å². The Kier molecular flexibility index (Phi) is 6.15. The van der Waals surface area contributed by atoms with Crippen molar-refractivity contribution in [1.29, 1.82) is 0 Å². The van der Waals surface area contributed by atoms with Crippen molar-refractivity contribution >= 4 is 21.7 Å². The van der Waals surface area contributed by atoms with Crippen molar-refractivity contribution in [2.24, 2.45) is 0 Å². The minimum Gasteiger partial charge on any atom is -0.308 e. The zero-order valence-electron chi connectivity index (χ0n) is 12.1. The van der Waals surface area contributed by atoms with Crippen LogP contribution in [-0.2, 0) is 21.2 Å². The molecule has 3 N–H and O–H groups in total. The van der Waals surface area contributed by atoms with Gasteiger partial charge in [-0.1, -0.05) is 20.3 Å². The molecule has 0 bridgehead atoms. The Hall–Kier alpha value is -1.41. The Morgan fingerprint density at radius 3 is 2.70 bits per heavy atom. The van der Waals surface area contributed by atoms with Gasteiger partial charge in [-0.2, -0.15) is 5.10 Å². The maximum absolute atomic E-state index is 11.9. The van der Waals surface area contributed by atoms with Gasteiger partial charge in [0.1, 0.15) is 0 Å². The molecule has 0 fully saturated rings. The molecule has 1 unspecified atom stereocenters. The molecular formula is C12H22N4O3S. The summed E-state index contributed by atoms with van der Waals surface area (Å²) in [7, 11) is -3.41. The van der Waals surface area contributed by atoms with E-state index < -0.39 is 22.0 Å². The minimum absolute atomic E-state index is 0.00761. The van der Waals surface area contributed by atoms with Crippen LogP contribution < -0.4 is 10.0 Å². The minimum atomic E-state index is -3.41. The van der Waals surface area contributed by atoms with Crippen LogP contribution >= 0.6 is 0 Å². The number of nitrogens with one attached hydrogen (secondary N) is 3. The Bertz CT molecular complexity index is 539. The van der Waals surface area contributed by atoms with E-state index in [2.05, 4.69) is 20.2 Å². The molecule has 0 spiro atoms. The second-order valence-electron chi connectivity index (χ2n) is 4.68. The van der Waals surface area contributed by atoms with Gasteiger partial charge in [-0.3, -0.25) is 9.89 Å². The molecule has 1 aromatic rings. The fourth-order valence-corrected chi connectivity index (χ4v) is 3.01. The van der Waals surface area contributed by atoms with Crippen molar-refractivity contribution in [1.82, 2.24) is 14.9 Å². The summed E-state index contributed by atoms with van der Waals surface area (Å²) in [6.45, 7) is 5.31. The Morgan fingerprint density at radius 1 is 1.40 bits per heavy atom. The largest absolute Gasteiger partial charge is 0.308 e. The second kappa shape index (κ2) is 7.39. The summed E-state index contributed by atoms with van der Waals surface area (Å²) in [5.74, 6) is -0.0209. The predicted octanol–water partition coefficient (Wildman–Crippen LogP) is 1.02. The number of sulfonamides is 1. The molecular weight excluding hydrogens is 280 g/mol. The smallest absolute Gasteiger partial charge is 0.243 e. The van der Waals surface area contributed by atoms with E-state index in [1.165, 1.54) is 6.92 Å². The first-order chi connectivity index (χ1) is 9.38. The topological polar surface area (TPSA) is 104 Å². The summed E-state index contributed by atoms with van der Waals surface area (Å²) >= 11 is 0. The van der Waals surface area contributed by atoms with Crippen LogP contribution in [0.3, 0.4) is 0 Å². The van der Waals surface area contributed by atoms with Crippen molar-refractivity contribution in [3.8, 4) is 0 Å². The van der Waals surface area contributed by atoms with Crippen LogP contribution in [0.25, 0.3) is 0 Å². The number of H-pyrrole nitrogens is 1. The predicted molar refractivity (Wildman–Crippen MR) is 77.9 cm³/mol. The summed E-state index contributed by atoms with van der Waals surface area (Å²) in [4.78, 5) is 11.9. The molecule has 0 saturated carbocycles. The molecule has 114 valence electrons. The van der Waals surface area contributed by atoms with E-state index in [9.17, 15) is 13.2 Å². The lowest BCUT2D eigenvalue weighted by Gasteiger charge is -2.12. The average Bonchev–Trinajstić information content (AvgIpc) is 2.76. The van der Waals surface area contributed by atoms with Gasteiger partial charge in [0.05, 0.1) is 11.8 Å². The highest BCUT2D eigenvalue weighted by Gasteiger charge is 2.20. The number of hydrogen-bond donors (Lipinski definition) is 3. The van der Waals surface area contributed by atoms with Gasteiger partial charge in [-0.05, 0) is 19.8 Å². The maximum Gasteiger partial charge on any atom is 0.243 e. The Labute approximate surface area is 119 Å². The van der Waals surface area contributed by atoms with E-state index in [1.54, 1.807) is 13.0 Å². The molecule has 1 atom stereocenters. The number of aromatic amines is 1. The number of carbonyl (C=O) groups excluding carboxylic acids is 1. The molecule has 1 amide bonds. The zero-order valence-corrected chi connectivity index (χ0v) is 12.9. The molecule has 0 radical (unpaired) electrons. The molecule has 1 aromatic heterocycles. The fourth-order valence-electron chi connectivity index (χ4n) is 1.71. The third-order valence-corrected chi connectivity index (χ3v) is 4.28. The van der Waals surface area contributed by atoms with Gasteiger partial charge in [0.25, 0.3) is 0 Å². The molecule has 0 aromatic carbocycles. The quantitative estimate of drug-likeness (QED) is 0.667. The fraction of sp³-hybridized carbons (Fsp3) is 0.667. The second-order valence-corrected chi connectivity index (χ2v) is 6.55. The van der Waals surface area contributed by atoms with Crippen molar-refractivity contribution in [2.45, 2.75) is 46.1 Å². The summed E-state index contributed by atoms with van der Waals surface area (Å²) in [5, 5.41) is 9.35. The highest BCUT2D eigenvalue weighted by molar-refractivity contribution is 7.89. The molecule has 1 rings (SSSR count). The lowest BCUT2D eigenvalue weighted by molar-refractivity contribution is -0.117. The van der Waals surface area contributed by atoms with E-state index in [1.807, 2.05) is 6.92 Å². The number of nitrogens with zero attached hydrogens (tertiary/aromatic N) is 1. The molecule has 0 aliphatic rings. The van der Waals surface area contributed by atoms with E-state index in [0.29, 0.717) is 12.2 Å². The Balaban J connectivity index is 2.56. The normalized spacial score (nSPS) is 13.2.